The van der Waals surface area contributed by atoms with Crippen LogP contribution in [0.5, 0.6) is 5.75 Å². The van der Waals surface area contributed by atoms with Gasteiger partial charge >= 0.3 is 0 Å². The van der Waals surface area contributed by atoms with E-state index in [-0.39, 0.29) is 12.5 Å². The number of fused-ring (bicyclic) bond motifs is 1. The van der Waals surface area contributed by atoms with E-state index in [1.807, 2.05) is 30.3 Å². The van der Waals surface area contributed by atoms with Crippen LogP contribution in [0.15, 0.2) is 67.3 Å². The number of aromatic amines is 1. The summed E-state index contributed by atoms with van der Waals surface area (Å²) < 4.78 is 5.71. The van der Waals surface area contributed by atoms with E-state index in [4.69, 9.17) is 4.74 Å². The molecular weight excluding hydrogens is 328 g/mol. The lowest BCUT2D eigenvalue weighted by Gasteiger charge is -2.14. The normalized spacial score (nSPS) is 12.2. The summed E-state index contributed by atoms with van der Waals surface area (Å²) in [6, 6.07) is 13.4. The van der Waals surface area contributed by atoms with Gasteiger partial charge in [-0.25, -0.2) is 4.98 Å². The molecule has 3 heterocycles. The second kappa shape index (κ2) is 7.33. The Hall–Kier alpha value is -3.25. The first-order valence-electron chi connectivity index (χ1n) is 8.35. The topological polar surface area (TPSA) is 83.9 Å². The molecule has 0 amide bonds. The van der Waals surface area contributed by atoms with E-state index in [9.17, 15) is 5.11 Å². The van der Waals surface area contributed by atoms with E-state index in [1.165, 1.54) is 0 Å². The molecule has 130 valence electrons. The first kappa shape index (κ1) is 16.2. The molecule has 1 atom stereocenters. The summed E-state index contributed by atoms with van der Waals surface area (Å²) in [5.41, 5.74) is 3.77. The van der Waals surface area contributed by atoms with Gasteiger partial charge in [0.1, 0.15) is 18.2 Å². The van der Waals surface area contributed by atoms with Crippen molar-refractivity contribution in [1.82, 2.24) is 19.9 Å². The largest absolute Gasteiger partial charge is 0.486 e. The van der Waals surface area contributed by atoms with E-state index in [0.29, 0.717) is 6.61 Å². The molecule has 3 aromatic heterocycles. The molecule has 0 aliphatic heterocycles. The van der Waals surface area contributed by atoms with Gasteiger partial charge in [-0.2, -0.15) is 0 Å². The summed E-state index contributed by atoms with van der Waals surface area (Å²) in [4.78, 5) is 16.0. The smallest absolute Gasteiger partial charge is 0.146 e. The fourth-order valence-electron chi connectivity index (χ4n) is 2.94. The Morgan fingerprint density at radius 1 is 1.00 bits per heavy atom. The summed E-state index contributed by atoms with van der Waals surface area (Å²) in [6.07, 6.45) is 6.89. The Morgan fingerprint density at radius 3 is 2.65 bits per heavy atom. The highest BCUT2D eigenvalue weighted by atomic mass is 16.5. The number of pyridine rings is 2. The van der Waals surface area contributed by atoms with E-state index in [0.717, 1.165) is 33.7 Å². The molecule has 0 radical (unpaired) electrons. The van der Waals surface area contributed by atoms with Crippen molar-refractivity contribution in [2.24, 2.45) is 0 Å². The van der Waals surface area contributed by atoms with Crippen molar-refractivity contribution in [2.45, 2.75) is 12.5 Å². The first-order valence-corrected chi connectivity index (χ1v) is 8.35. The molecule has 2 N–H and O–H groups in total. The van der Waals surface area contributed by atoms with Crippen LogP contribution in [0.1, 0.15) is 22.9 Å². The molecule has 0 spiro atoms. The number of ether oxygens (including phenoxy) is 1. The zero-order valence-corrected chi connectivity index (χ0v) is 14.0. The van der Waals surface area contributed by atoms with Crippen molar-refractivity contribution in [3.8, 4) is 5.75 Å². The van der Waals surface area contributed by atoms with E-state index < -0.39 is 0 Å². The average Bonchev–Trinajstić information content (AvgIpc) is 3.11. The number of aliphatic hydroxyl groups is 1. The highest BCUT2D eigenvalue weighted by Crippen LogP contribution is 2.26. The van der Waals surface area contributed by atoms with Gasteiger partial charge in [-0.3, -0.25) is 9.97 Å². The Labute approximate surface area is 150 Å². The first-order chi connectivity index (χ1) is 12.8. The monoisotopic (exact) mass is 346 g/mol. The molecule has 0 saturated heterocycles. The molecule has 26 heavy (non-hydrogen) atoms. The fourth-order valence-corrected chi connectivity index (χ4v) is 2.94. The van der Waals surface area contributed by atoms with Gasteiger partial charge in [0.25, 0.3) is 0 Å². The maximum atomic E-state index is 9.84. The fraction of sp³-hybridized carbons (Fsp3) is 0.150. The SMILES string of the molecule is OCC(c1cccnc1)c1ccc2nc(COc3ccncc3)[nH]c2c1. The number of hydrogen-bond acceptors (Lipinski definition) is 5. The summed E-state index contributed by atoms with van der Waals surface area (Å²) in [6.45, 7) is 0.364. The highest BCUT2D eigenvalue weighted by Gasteiger charge is 2.15. The van der Waals surface area contributed by atoms with Crippen molar-refractivity contribution < 1.29 is 9.84 Å². The molecular formula is C20H18N4O2. The van der Waals surface area contributed by atoms with Crippen LogP contribution in [-0.2, 0) is 6.61 Å². The van der Waals surface area contributed by atoms with Gasteiger partial charge < -0.3 is 14.8 Å². The molecule has 4 aromatic rings. The average molecular weight is 346 g/mol. The predicted molar refractivity (Wildman–Crippen MR) is 97.8 cm³/mol. The van der Waals surface area contributed by atoms with Gasteiger partial charge in [0, 0.05) is 30.7 Å². The number of nitrogens with one attached hydrogen (secondary N) is 1. The van der Waals surface area contributed by atoms with E-state index in [2.05, 4.69) is 19.9 Å². The minimum Gasteiger partial charge on any atom is -0.486 e. The lowest BCUT2D eigenvalue weighted by atomic mass is 9.93. The third-order valence-electron chi connectivity index (χ3n) is 4.25. The van der Waals surface area contributed by atoms with Gasteiger partial charge in [0.05, 0.1) is 17.6 Å². The van der Waals surface area contributed by atoms with Gasteiger partial charge in [0.15, 0.2) is 0 Å². The van der Waals surface area contributed by atoms with Crippen LogP contribution in [0.3, 0.4) is 0 Å². The quantitative estimate of drug-likeness (QED) is 0.560. The third kappa shape index (κ3) is 3.41. The maximum Gasteiger partial charge on any atom is 0.146 e. The molecule has 0 saturated carbocycles. The van der Waals surface area contributed by atoms with Crippen LogP contribution in [0, 0.1) is 0 Å². The minimum absolute atomic E-state index is 0.0172. The van der Waals surface area contributed by atoms with Gasteiger partial charge in [-0.1, -0.05) is 12.1 Å². The van der Waals surface area contributed by atoms with Crippen molar-refractivity contribution >= 4 is 11.0 Å². The molecule has 0 aliphatic carbocycles. The Morgan fingerprint density at radius 2 is 1.88 bits per heavy atom. The van der Waals surface area contributed by atoms with Crippen LogP contribution >= 0.6 is 0 Å². The van der Waals surface area contributed by atoms with Crippen LogP contribution in [0.25, 0.3) is 11.0 Å². The van der Waals surface area contributed by atoms with Crippen molar-refractivity contribution in [2.75, 3.05) is 6.61 Å². The van der Waals surface area contributed by atoms with Crippen molar-refractivity contribution in [1.29, 1.82) is 0 Å². The zero-order chi connectivity index (χ0) is 17.8. The third-order valence-corrected chi connectivity index (χ3v) is 4.25. The highest BCUT2D eigenvalue weighted by molar-refractivity contribution is 5.76. The summed E-state index contributed by atoms with van der Waals surface area (Å²) in [5, 5.41) is 9.84. The second-order valence-electron chi connectivity index (χ2n) is 5.95. The van der Waals surface area contributed by atoms with Crippen LogP contribution in [0.2, 0.25) is 0 Å². The summed E-state index contributed by atoms with van der Waals surface area (Å²) >= 11 is 0. The molecule has 1 aromatic carbocycles. The Kier molecular flexibility index (Phi) is 4.57. The molecule has 1 unspecified atom stereocenters. The van der Waals surface area contributed by atoms with Gasteiger partial charge in [0.2, 0.25) is 0 Å². The van der Waals surface area contributed by atoms with Crippen LogP contribution in [0.4, 0.5) is 0 Å². The molecule has 6 heteroatoms. The van der Waals surface area contributed by atoms with Crippen molar-refractivity contribution in [3.05, 3.63) is 84.2 Å². The molecule has 0 fully saturated rings. The number of aromatic nitrogens is 4. The number of benzene rings is 1. The number of H-pyrrole nitrogens is 1. The van der Waals surface area contributed by atoms with E-state index >= 15 is 0 Å². The molecule has 0 bridgehead atoms. The lowest BCUT2D eigenvalue weighted by molar-refractivity contribution is 0.280. The van der Waals surface area contributed by atoms with Crippen LogP contribution in [-0.4, -0.2) is 31.6 Å². The maximum absolute atomic E-state index is 9.84. The zero-order valence-electron chi connectivity index (χ0n) is 14.0. The summed E-state index contributed by atoms with van der Waals surface area (Å²) in [7, 11) is 0. The lowest BCUT2D eigenvalue weighted by Crippen LogP contribution is -2.06. The minimum atomic E-state index is -0.118. The number of aliphatic hydroxyl groups excluding tert-OH is 1. The summed E-state index contributed by atoms with van der Waals surface area (Å²) in [5.74, 6) is 1.38. The second-order valence-corrected chi connectivity index (χ2v) is 5.95. The number of nitrogens with zero attached hydrogens (tertiary/aromatic N) is 3. The number of rotatable bonds is 6. The van der Waals surface area contributed by atoms with Crippen molar-refractivity contribution in [3.63, 3.8) is 0 Å². The van der Waals surface area contributed by atoms with E-state index in [1.54, 1.807) is 36.9 Å². The van der Waals surface area contributed by atoms with Crippen LogP contribution < -0.4 is 4.74 Å². The molecule has 6 nitrogen and oxygen atoms in total. The Balaban J connectivity index is 1.57. The molecule has 4 rings (SSSR count). The standard InChI is InChI=1S/C20H18N4O2/c25-12-17(15-2-1-7-22-11-15)14-3-4-18-19(10-14)24-20(23-18)13-26-16-5-8-21-9-6-16/h1-11,17,25H,12-13H2,(H,23,24). The predicted octanol–water partition coefficient (Wildman–Crippen LogP) is 3.06. The Bertz CT molecular complexity index is 987. The number of hydrogen-bond donors (Lipinski definition) is 2. The molecule has 0 aliphatic rings. The van der Waals surface area contributed by atoms with Gasteiger partial charge in [-0.15, -0.1) is 0 Å². The van der Waals surface area contributed by atoms with Gasteiger partial charge in [-0.05, 0) is 41.5 Å². The number of imidazole rings is 1.